The highest BCUT2D eigenvalue weighted by atomic mass is 35.5. The van der Waals surface area contributed by atoms with Crippen molar-refractivity contribution in [3.8, 4) is 17.7 Å². The number of hydrogen-bond donors (Lipinski definition) is 3. The molecular weight excluding hydrogens is 483 g/mol. The molecule has 0 spiro atoms. The summed E-state index contributed by atoms with van der Waals surface area (Å²) >= 11 is 12.3. The van der Waals surface area contributed by atoms with Crippen LogP contribution >= 0.6 is 23.2 Å². The van der Waals surface area contributed by atoms with Crippen molar-refractivity contribution in [2.45, 2.75) is 13.5 Å². The van der Waals surface area contributed by atoms with Gasteiger partial charge in [0.2, 0.25) is 11.6 Å². The Balaban J connectivity index is 2.20. The van der Waals surface area contributed by atoms with Crippen LogP contribution in [-0.4, -0.2) is 45.2 Å². The van der Waals surface area contributed by atoms with Gasteiger partial charge in [-0.1, -0.05) is 23.2 Å². The molecule has 172 valence electrons. The van der Waals surface area contributed by atoms with Crippen molar-refractivity contribution in [1.82, 2.24) is 15.1 Å². The number of anilines is 1. The molecule has 0 unspecified atom stereocenters. The first-order valence-corrected chi connectivity index (χ1v) is 9.59. The molecule has 13 nitrogen and oxygen atoms in total. The van der Waals surface area contributed by atoms with E-state index in [4.69, 9.17) is 38.3 Å². The van der Waals surface area contributed by atoms with Gasteiger partial charge >= 0.3 is 12.1 Å². The number of carboxylic acids is 1. The molecule has 0 saturated carbocycles. The van der Waals surface area contributed by atoms with Crippen LogP contribution in [0.15, 0.2) is 34.2 Å². The number of halogens is 2. The first kappa shape index (κ1) is 25.1. The van der Waals surface area contributed by atoms with E-state index < -0.39 is 35.8 Å². The van der Waals surface area contributed by atoms with Crippen LogP contribution < -0.4 is 21.0 Å². The fourth-order valence-corrected chi connectivity index (χ4v) is 2.68. The number of rotatable bonds is 8. The number of imide groups is 1. The van der Waals surface area contributed by atoms with Crippen LogP contribution in [0.3, 0.4) is 0 Å². The van der Waals surface area contributed by atoms with Crippen molar-refractivity contribution in [1.29, 1.82) is 5.26 Å². The molecule has 33 heavy (non-hydrogen) atoms. The van der Waals surface area contributed by atoms with Crippen LogP contribution in [-0.2, 0) is 20.9 Å². The lowest BCUT2D eigenvalue weighted by atomic mass is 10.3. The summed E-state index contributed by atoms with van der Waals surface area (Å²) in [6.07, 6.45) is -1.04. The van der Waals surface area contributed by atoms with Crippen LogP contribution in [0.4, 0.5) is 10.5 Å². The molecule has 2 rings (SSSR count). The zero-order chi connectivity index (χ0) is 24.5. The highest BCUT2D eigenvalue weighted by Gasteiger charge is 2.17. The van der Waals surface area contributed by atoms with Gasteiger partial charge < -0.3 is 14.6 Å². The summed E-state index contributed by atoms with van der Waals surface area (Å²) in [5.41, 5.74) is 1.21. The van der Waals surface area contributed by atoms with Crippen molar-refractivity contribution in [3.05, 3.63) is 44.7 Å². The van der Waals surface area contributed by atoms with E-state index in [1.807, 2.05) is 5.32 Å². The zero-order valence-corrected chi connectivity index (χ0v) is 18.2. The van der Waals surface area contributed by atoms with Gasteiger partial charge in [-0.2, -0.15) is 10.4 Å². The van der Waals surface area contributed by atoms with E-state index in [0.717, 1.165) is 6.07 Å². The van der Waals surface area contributed by atoms with Gasteiger partial charge in [-0.3, -0.25) is 25.1 Å². The maximum atomic E-state index is 11.8. The molecule has 0 fully saturated rings. The summed E-state index contributed by atoms with van der Waals surface area (Å²) in [5.74, 6) is -2.59. The molecule has 0 radical (unpaired) electrons. The Morgan fingerprint density at radius 1 is 1.27 bits per heavy atom. The maximum Gasteiger partial charge on any atom is 0.414 e. The second-order valence-corrected chi connectivity index (χ2v) is 6.61. The molecule has 1 heterocycles. The number of amides is 2. The quantitative estimate of drug-likeness (QED) is 0.360. The summed E-state index contributed by atoms with van der Waals surface area (Å²) in [6, 6.07) is 6.35. The molecule has 1 aromatic carbocycles. The first-order valence-electron chi connectivity index (χ1n) is 8.83. The lowest BCUT2D eigenvalue weighted by Gasteiger charge is -2.11. The molecule has 0 aliphatic rings. The third-order valence-corrected chi connectivity index (χ3v) is 4.00. The Kier molecular flexibility index (Phi) is 8.72. The van der Waals surface area contributed by atoms with Crippen molar-refractivity contribution < 1.29 is 29.0 Å². The third kappa shape index (κ3) is 7.20. The van der Waals surface area contributed by atoms with Crippen molar-refractivity contribution >= 4 is 52.6 Å². The Morgan fingerprint density at radius 2 is 1.94 bits per heavy atom. The summed E-state index contributed by atoms with van der Waals surface area (Å²) in [7, 11) is 0. The number of nitrogens with zero attached hydrogens (tertiary/aromatic N) is 4. The van der Waals surface area contributed by atoms with E-state index in [2.05, 4.69) is 20.4 Å². The van der Waals surface area contributed by atoms with Gasteiger partial charge in [-0.25, -0.2) is 9.48 Å². The van der Waals surface area contributed by atoms with Crippen LogP contribution in [0, 0.1) is 11.3 Å². The topological polar surface area (TPSA) is 185 Å². The van der Waals surface area contributed by atoms with Gasteiger partial charge in [0, 0.05) is 12.1 Å². The molecule has 15 heteroatoms. The van der Waals surface area contributed by atoms with E-state index >= 15 is 0 Å². The number of alkyl carbamates (subject to hydrolysis) is 1. The molecule has 2 aromatic rings. The van der Waals surface area contributed by atoms with Gasteiger partial charge in [-0.05, 0) is 19.1 Å². The minimum absolute atomic E-state index is 0.0257. The fourth-order valence-electron chi connectivity index (χ4n) is 2.12. The van der Waals surface area contributed by atoms with E-state index in [9.17, 15) is 19.2 Å². The van der Waals surface area contributed by atoms with Crippen molar-refractivity contribution in [2.24, 2.45) is 5.10 Å². The van der Waals surface area contributed by atoms with Gasteiger partial charge in [0.05, 0.1) is 22.3 Å². The number of carbonyl (C=O) groups excluding carboxylic acids is 2. The molecule has 0 aliphatic carbocycles. The Labute approximate surface area is 195 Å². The van der Waals surface area contributed by atoms with Crippen molar-refractivity contribution in [3.63, 3.8) is 0 Å². The number of ether oxygens (including phenoxy) is 2. The van der Waals surface area contributed by atoms with Gasteiger partial charge in [0.15, 0.2) is 5.75 Å². The molecule has 2 amide bonds. The Hall–Kier alpha value is -4.15. The monoisotopic (exact) mass is 496 g/mol. The Bertz CT molecular complexity index is 1200. The highest BCUT2D eigenvalue weighted by Crippen LogP contribution is 2.38. The van der Waals surface area contributed by atoms with Gasteiger partial charge in [-0.15, -0.1) is 5.10 Å². The maximum absolute atomic E-state index is 11.8. The smallest absolute Gasteiger partial charge is 0.414 e. The van der Waals surface area contributed by atoms with E-state index in [1.165, 1.54) is 31.2 Å². The number of benzene rings is 1. The minimum atomic E-state index is -1.28. The number of nitrogens with one attached hydrogen (secondary N) is 2. The first-order chi connectivity index (χ1) is 15.6. The lowest BCUT2D eigenvalue weighted by Crippen LogP contribution is -2.36. The van der Waals surface area contributed by atoms with Crippen LogP contribution in [0.25, 0.3) is 0 Å². The summed E-state index contributed by atoms with van der Waals surface area (Å²) in [4.78, 5) is 45.6. The summed E-state index contributed by atoms with van der Waals surface area (Å²) in [6.45, 7) is 0.885. The number of carboxylic acid groups (broad SMARTS) is 1. The highest BCUT2D eigenvalue weighted by molar-refractivity contribution is 6.47. The number of carbonyl (C=O) groups is 3. The predicted octanol–water partition coefficient (Wildman–Crippen LogP) is 1.99. The SMILES string of the molecule is CCOC(=O)NC(=O)C(C#N)=NNc1cc(Cl)c(Oc2ccc(=O)n(CC(=O)O)n2)c(Cl)c1. The van der Waals surface area contributed by atoms with Crippen LogP contribution in [0.5, 0.6) is 11.6 Å². The second-order valence-electron chi connectivity index (χ2n) is 5.79. The lowest BCUT2D eigenvalue weighted by molar-refractivity contribution is -0.138. The van der Waals surface area contributed by atoms with E-state index in [1.54, 1.807) is 0 Å². The average Bonchev–Trinajstić information content (AvgIpc) is 2.73. The number of nitriles is 1. The number of aromatic nitrogens is 2. The van der Waals surface area contributed by atoms with Gasteiger partial charge in [0.25, 0.3) is 11.5 Å². The number of hydrazone groups is 1. The Morgan fingerprint density at radius 3 is 2.52 bits per heavy atom. The molecule has 0 atom stereocenters. The average molecular weight is 497 g/mol. The van der Waals surface area contributed by atoms with Crippen molar-refractivity contribution in [2.75, 3.05) is 12.0 Å². The summed E-state index contributed by atoms with van der Waals surface area (Å²) < 4.78 is 10.7. The van der Waals surface area contributed by atoms with Gasteiger partial charge in [0.1, 0.15) is 12.6 Å². The van der Waals surface area contributed by atoms with Crippen LogP contribution in [0.1, 0.15) is 6.92 Å². The predicted molar refractivity (Wildman–Crippen MR) is 115 cm³/mol. The minimum Gasteiger partial charge on any atom is -0.480 e. The molecular formula is C18H14Cl2N6O7. The second kappa shape index (κ2) is 11.5. The van der Waals surface area contributed by atoms with E-state index in [-0.39, 0.29) is 34.0 Å². The normalized spacial score (nSPS) is 10.7. The standard InChI is InChI=1S/C18H14Cl2N6O7/c1-2-32-18(31)22-17(30)12(7-21)24-23-9-5-10(19)16(11(20)6-9)33-13-3-4-14(27)26(25-13)8-15(28)29/h3-6,23H,2,8H2,1H3,(H,28,29)(H,22,30,31). The molecule has 3 N–H and O–H groups in total. The van der Waals surface area contributed by atoms with E-state index in [0.29, 0.717) is 4.68 Å². The fraction of sp³-hybridized carbons (Fsp3) is 0.167. The summed E-state index contributed by atoms with van der Waals surface area (Å²) in [5, 5.41) is 27.0. The number of aliphatic carboxylic acids is 1. The largest absolute Gasteiger partial charge is 0.480 e. The molecule has 0 bridgehead atoms. The number of hydrogen-bond acceptors (Lipinski definition) is 10. The zero-order valence-electron chi connectivity index (χ0n) is 16.7. The van der Waals surface area contributed by atoms with Crippen LogP contribution in [0.2, 0.25) is 10.0 Å². The molecule has 0 aliphatic heterocycles. The molecule has 0 saturated heterocycles. The third-order valence-electron chi connectivity index (χ3n) is 3.44. The molecule has 1 aromatic heterocycles.